The highest BCUT2D eigenvalue weighted by atomic mass is 19.4. The van der Waals surface area contributed by atoms with Crippen molar-refractivity contribution < 1.29 is 18.3 Å². The summed E-state index contributed by atoms with van der Waals surface area (Å²) in [6.45, 7) is 11.9. The number of hydrogen-bond donors (Lipinski definition) is 2. The fourth-order valence-electron chi connectivity index (χ4n) is 2.03. The van der Waals surface area contributed by atoms with Crippen LogP contribution in [0, 0.1) is 13.5 Å². The Bertz CT molecular complexity index is 742. The van der Waals surface area contributed by atoms with Crippen molar-refractivity contribution in [3.63, 3.8) is 0 Å². The topological polar surface area (TPSA) is 53.3 Å². The molecule has 1 aromatic carbocycles. The molecule has 1 heterocycles. The Morgan fingerprint density at radius 3 is 2.67 bits per heavy atom. The van der Waals surface area contributed by atoms with E-state index in [2.05, 4.69) is 21.4 Å². The fourth-order valence-corrected chi connectivity index (χ4v) is 2.03. The molecule has 0 fully saturated rings. The zero-order valence-corrected chi connectivity index (χ0v) is 11.1. The number of alkyl halides is 3. The van der Waals surface area contributed by atoms with Gasteiger partial charge < -0.3 is 10.1 Å². The van der Waals surface area contributed by atoms with Crippen LogP contribution in [0.1, 0.15) is 17.8 Å². The van der Waals surface area contributed by atoms with Crippen LogP contribution in [0.25, 0.3) is 15.9 Å². The number of aliphatic hydroxyl groups is 1. The van der Waals surface area contributed by atoms with Crippen molar-refractivity contribution in [2.45, 2.75) is 25.1 Å². The first-order valence-corrected chi connectivity index (χ1v) is 6.01. The molecule has 0 saturated carbocycles. The van der Waals surface area contributed by atoms with Crippen LogP contribution in [0.5, 0.6) is 0 Å². The molecule has 7 heteroatoms. The molecule has 0 bridgehead atoms. The van der Waals surface area contributed by atoms with Gasteiger partial charge >= 0.3 is 6.18 Å². The predicted molar refractivity (Wildman–Crippen MR) is 71.9 cm³/mol. The van der Waals surface area contributed by atoms with Gasteiger partial charge in [0, 0.05) is 6.42 Å². The lowest BCUT2D eigenvalue weighted by molar-refractivity contribution is -0.268. The van der Waals surface area contributed by atoms with E-state index in [1.165, 1.54) is 12.1 Å². The first kappa shape index (κ1) is 15.1. The molecule has 2 aromatic rings. The number of aryl methyl sites for hydroxylation is 1. The maximum absolute atomic E-state index is 13.1. The van der Waals surface area contributed by atoms with Gasteiger partial charge in [-0.1, -0.05) is 6.08 Å². The standard InChI is InChI=1S/C14H12F3N3O/c1-4-5-13(21,14(15,16)17)12-19-10-6-8(2)9(18-3)7-11(10)20-12/h4,6-7,21H,1,5H2,2H3,(H,19,20). The molecular formula is C14H12F3N3O. The van der Waals surface area contributed by atoms with E-state index in [1.54, 1.807) is 6.92 Å². The molecule has 1 atom stereocenters. The molecule has 4 nitrogen and oxygen atoms in total. The van der Waals surface area contributed by atoms with Crippen molar-refractivity contribution in [3.05, 3.63) is 47.6 Å². The third-order valence-electron chi connectivity index (χ3n) is 3.22. The average Bonchev–Trinajstić information content (AvgIpc) is 2.79. The lowest BCUT2D eigenvalue weighted by atomic mass is 9.98. The van der Waals surface area contributed by atoms with Gasteiger partial charge in [-0.2, -0.15) is 13.2 Å². The van der Waals surface area contributed by atoms with E-state index in [-0.39, 0.29) is 5.52 Å². The van der Waals surface area contributed by atoms with Crippen molar-refractivity contribution in [3.8, 4) is 0 Å². The smallest absolute Gasteiger partial charge is 0.374 e. The van der Waals surface area contributed by atoms with Crippen LogP contribution < -0.4 is 0 Å². The summed E-state index contributed by atoms with van der Waals surface area (Å²) in [6.07, 6.45) is -4.63. The van der Waals surface area contributed by atoms with Gasteiger partial charge in [-0.25, -0.2) is 9.83 Å². The van der Waals surface area contributed by atoms with Gasteiger partial charge in [-0.05, 0) is 24.6 Å². The van der Waals surface area contributed by atoms with Crippen molar-refractivity contribution in [2.24, 2.45) is 0 Å². The van der Waals surface area contributed by atoms with Crippen LogP contribution in [0.3, 0.4) is 0 Å². The molecule has 1 unspecified atom stereocenters. The van der Waals surface area contributed by atoms with Crippen LogP contribution in [0.2, 0.25) is 0 Å². The molecule has 0 amide bonds. The number of imidazole rings is 1. The molecule has 0 saturated heterocycles. The highest BCUT2D eigenvalue weighted by Gasteiger charge is 2.56. The molecule has 110 valence electrons. The molecule has 0 aliphatic carbocycles. The summed E-state index contributed by atoms with van der Waals surface area (Å²) in [5.74, 6) is -0.605. The number of nitrogens with zero attached hydrogens (tertiary/aromatic N) is 2. The minimum atomic E-state index is -4.90. The van der Waals surface area contributed by atoms with E-state index in [1.807, 2.05) is 0 Å². The lowest BCUT2D eigenvalue weighted by Gasteiger charge is -2.27. The van der Waals surface area contributed by atoms with Gasteiger partial charge in [0.2, 0.25) is 5.60 Å². The maximum Gasteiger partial charge on any atom is 0.424 e. The minimum Gasteiger partial charge on any atom is -0.374 e. The predicted octanol–water partition coefficient (Wildman–Crippen LogP) is 3.75. The molecule has 2 N–H and O–H groups in total. The summed E-state index contributed by atoms with van der Waals surface area (Å²) in [5.41, 5.74) is -1.67. The summed E-state index contributed by atoms with van der Waals surface area (Å²) in [5, 5.41) is 9.97. The van der Waals surface area contributed by atoms with E-state index in [0.29, 0.717) is 16.8 Å². The molecule has 21 heavy (non-hydrogen) atoms. The van der Waals surface area contributed by atoms with Gasteiger partial charge in [-0.15, -0.1) is 6.58 Å². The molecule has 2 rings (SSSR count). The molecule has 0 aliphatic rings. The number of rotatable bonds is 3. The number of fused-ring (bicyclic) bond motifs is 1. The summed E-state index contributed by atoms with van der Waals surface area (Å²) in [4.78, 5) is 9.56. The Balaban J connectivity index is 2.66. The Morgan fingerprint density at radius 1 is 1.48 bits per heavy atom. The van der Waals surface area contributed by atoms with E-state index in [0.717, 1.165) is 6.08 Å². The average molecular weight is 295 g/mol. The fraction of sp³-hybridized carbons (Fsp3) is 0.286. The van der Waals surface area contributed by atoms with Crippen molar-refractivity contribution in [1.29, 1.82) is 0 Å². The van der Waals surface area contributed by atoms with E-state index in [9.17, 15) is 18.3 Å². The summed E-state index contributed by atoms with van der Waals surface area (Å²) >= 11 is 0. The molecular weight excluding hydrogens is 283 g/mol. The van der Waals surface area contributed by atoms with Gasteiger partial charge in [0.05, 0.1) is 17.6 Å². The molecule has 0 radical (unpaired) electrons. The third kappa shape index (κ3) is 2.38. The monoisotopic (exact) mass is 295 g/mol. The maximum atomic E-state index is 13.1. The minimum absolute atomic E-state index is 0.202. The first-order chi connectivity index (χ1) is 9.72. The van der Waals surface area contributed by atoms with Gasteiger partial charge in [0.25, 0.3) is 0 Å². The van der Waals surface area contributed by atoms with Crippen LogP contribution in [-0.2, 0) is 5.60 Å². The Kier molecular flexibility index (Phi) is 3.51. The number of aromatic nitrogens is 2. The van der Waals surface area contributed by atoms with E-state index < -0.39 is 24.0 Å². The largest absolute Gasteiger partial charge is 0.424 e. The Morgan fingerprint density at radius 2 is 2.14 bits per heavy atom. The molecule has 0 spiro atoms. The number of benzene rings is 1. The van der Waals surface area contributed by atoms with Gasteiger partial charge in [0.1, 0.15) is 5.82 Å². The number of aromatic amines is 1. The van der Waals surface area contributed by atoms with Crippen molar-refractivity contribution in [2.75, 3.05) is 0 Å². The quantitative estimate of drug-likeness (QED) is 0.669. The zero-order chi connectivity index (χ0) is 15.8. The van der Waals surface area contributed by atoms with Gasteiger partial charge in [-0.3, -0.25) is 0 Å². The second kappa shape index (κ2) is 4.90. The zero-order valence-electron chi connectivity index (χ0n) is 11.1. The highest BCUT2D eigenvalue weighted by molar-refractivity contribution is 5.81. The Labute approximate surface area is 118 Å². The van der Waals surface area contributed by atoms with Crippen molar-refractivity contribution in [1.82, 2.24) is 9.97 Å². The van der Waals surface area contributed by atoms with E-state index >= 15 is 0 Å². The second-order valence-electron chi connectivity index (χ2n) is 4.70. The highest BCUT2D eigenvalue weighted by Crippen LogP contribution is 2.41. The normalized spacial score (nSPS) is 14.7. The second-order valence-corrected chi connectivity index (χ2v) is 4.70. The van der Waals surface area contributed by atoms with Crippen LogP contribution in [-0.4, -0.2) is 21.3 Å². The lowest BCUT2D eigenvalue weighted by Crippen LogP contribution is -2.42. The van der Waals surface area contributed by atoms with Crippen LogP contribution >= 0.6 is 0 Å². The number of H-pyrrole nitrogens is 1. The number of halogens is 3. The SMILES string of the molecule is [C-]#[N+]c1cc2nc(C(O)(CC=C)C(F)(F)F)[nH]c2cc1C. The summed E-state index contributed by atoms with van der Waals surface area (Å²) in [7, 11) is 0. The first-order valence-electron chi connectivity index (χ1n) is 6.01. The summed E-state index contributed by atoms with van der Waals surface area (Å²) < 4.78 is 39.4. The number of nitrogens with one attached hydrogen (secondary N) is 1. The molecule has 0 aliphatic heterocycles. The molecule has 1 aromatic heterocycles. The van der Waals surface area contributed by atoms with Crippen LogP contribution in [0.15, 0.2) is 24.8 Å². The number of hydrogen-bond acceptors (Lipinski definition) is 2. The third-order valence-corrected chi connectivity index (χ3v) is 3.22. The summed E-state index contributed by atoms with van der Waals surface area (Å²) in [6, 6.07) is 2.92. The Hall–Kier alpha value is -2.33. The van der Waals surface area contributed by atoms with Crippen molar-refractivity contribution >= 4 is 16.7 Å². The van der Waals surface area contributed by atoms with Crippen LogP contribution in [0.4, 0.5) is 18.9 Å². The van der Waals surface area contributed by atoms with Gasteiger partial charge in [0.15, 0.2) is 5.69 Å². The van der Waals surface area contributed by atoms with E-state index in [4.69, 9.17) is 6.57 Å².